The van der Waals surface area contributed by atoms with E-state index < -0.39 is 24.0 Å². The van der Waals surface area contributed by atoms with Gasteiger partial charge in [0.05, 0.1) is 29.7 Å². The number of carbonyl (C=O) groups is 2. The summed E-state index contributed by atoms with van der Waals surface area (Å²) in [6.45, 7) is 3.84. The Labute approximate surface area is 174 Å². The van der Waals surface area contributed by atoms with Gasteiger partial charge in [0.15, 0.2) is 0 Å². The number of halogens is 1. The van der Waals surface area contributed by atoms with Crippen molar-refractivity contribution in [1.82, 2.24) is 9.80 Å². The summed E-state index contributed by atoms with van der Waals surface area (Å²) in [5.41, 5.74) is 0.495. The molecule has 3 aliphatic rings. The first-order valence-electron chi connectivity index (χ1n) is 10.5. The summed E-state index contributed by atoms with van der Waals surface area (Å²) < 4.78 is 13.5. The highest BCUT2D eigenvalue weighted by molar-refractivity contribution is 6.05. The molecule has 9 heteroatoms. The molecule has 3 N–H and O–H groups in total. The van der Waals surface area contributed by atoms with Crippen LogP contribution in [0.25, 0.3) is 0 Å². The fraction of sp³-hybridized carbons (Fsp3) is 0.619. The van der Waals surface area contributed by atoms with E-state index in [1.807, 2.05) is 4.90 Å². The number of aliphatic hydroxyl groups excluding tert-OH is 2. The Kier molecular flexibility index (Phi) is 5.95. The van der Waals surface area contributed by atoms with Crippen molar-refractivity contribution in [3.63, 3.8) is 0 Å². The maximum absolute atomic E-state index is 13.5. The minimum Gasteiger partial charge on any atom is -0.506 e. The molecule has 1 aliphatic carbocycles. The van der Waals surface area contributed by atoms with Gasteiger partial charge in [-0.15, -0.1) is 0 Å². The number of rotatable bonds is 5. The van der Waals surface area contributed by atoms with Crippen molar-refractivity contribution in [1.29, 1.82) is 0 Å². The number of phenolic OH excluding ortho intramolecular Hbond substituents is 1. The van der Waals surface area contributed by atoms with Crippen LogP contribution in [0.1, 0.15) is 19.3 Å². The average molecular weight is 421 g/mol. The lowest BCUT2D eigenvalue weighted by molar-refractivity contribution is -0.140. The molecule has 1 aromatic carbocycles. The highest BCUT2D eigenvalue weighted by Gasteiger charge is 2.51. The number of nitrogens with zero attached hydrogens (tertiary/aromatic N) is 3. The zero-order valence-electron chi connectivity index (χ0n) is 16.8. The topological polar surface area (TPSA) is 105 Å². The number of fused-ring (bicyclic) bond motifs is 1. The number of carbonyl (C=O) groups excluding carboxylic acids is 2. The lowest BCUT2D eigenvalue weighted by Crippen LogP contribution is -2.47. The molecule has 2 amide bonds. The predicted molar refractivity (Wildman–Crippen MR) is 106 cm³/mol. The van der Waals surface area contributed by atoms with E-state index in [0.717, 1.165) is 19.6 Å². The number of imide groups is 1. The highest BCUT2D eigenvalue weighted by atomic mass is 19.1. The summed E-state index contributed by atoms with van der Waals surface area (Å²) in [5.74, 6) is -1.82. The van der Waals surface area contributed by atoms with Gasteiger partial charge < -0.3 is 20.2 Å². The molecule has 2 heterocycles. The first-order valence-corrected chi connectivity index (χ1v) is 10.5. The van der Waals surface area contributed by atoms with Crippen LogP contribution in [0.4, 0.5) is 10.1 Å². The molecule has 4 unspecified atom stereocenters. The van der Waals surface area contributed by atoms with Crippen molar-refractivity contribution in [3.8, 4) is 5.75 Å². The lowest BCUT2D eigenvalue weighted by Gasteiger charge is -2.36. The average Bonchev–Trinajstić information content (AvgIpc) is 2.95. The third-order valence-electron chi connectivity index (χ3n) is 6.59. The molecule has 1 aromatic rings. The van der Waals surface area contributed by atoms with Crippen LogP contribution < -0.4 is 4.90 Å². The molecule has 164 valence electrons. The minimum atomic E-state index is -0.947. The second-order valence-electron chi connectivity index (χ2n) is 8.46. The van der Waals surface area contributed by atoms with Gasteiger partial charge in [0, 0.05) is 38.8 Å². The largest absolute Gasteiger partial charge is 0.506 e. The molecule has 8 nitrogen and oxygen atoms in total. The fourth-order valence-corrected chi connectivity index (χ4v) is 4.85. The summed E-state index contributed by atoms with van der Waals surface area (Å²) in [6.07, 6.45) is -0.967. The number of phenols is 1. The quantitative estimate of drug-likeness (QED) is 0.582. The van der Waals surface area contributed by atoms with Crippen LogP contribution in [0, 0.1) is 17.7 Å². The van der Waals surface area contributed by atoms with Crippen molar-refractivity contribution in [2.45, 2.75) is 31.5 Å². The second kappa shape index (κ2) is 8.49. The molecule has 2 aliphatic heterocycles. The smallest absolute Gasteiger partial charge is 0.233 e. The van der Waals surface area contributed by atoms with Crippen LogP contribution in [0.2, 0.25) is 0 Å². The van der Waals surface area contributed by atoms with Crippen LogP contribution >= 0.6 is 0 Å². The molecular formula is C21H28FN3O5. The molecular weight excluding hydrogens is 393 g/mol. The first kappa shape index (κ1) is 21.0. The third-order valence-corrected chi connectivity index (χ3v) is 6.59. The minimum absolute atomic E-state index is 0.0626. The maximum Gasteiger partial charge on any atom is 0.233 e. The molecule has 0 aromatic heterocycles. The summed E-state index contributed by atoms with van der Waals surface area (Å²) in [7, 11) is 0. The standard InChI is InChI=1S/C21H28FN3O5/c22-13-2-3-17(26)16(10-13)24-8-6-23(7-9-24)4-1-5-25-20(29)14-11-18(27)19(28)12-15(14)21(25)30/h2-3,10,14-15,18-19,26-28H,1,4-9,11-12H2. The first-order chi connectivity index (χ1) is 14.3. The molecule has 0 radical (unpaired) electrons. The molecule has 1 saturated carbocycles. The third kappa shape index (κ3) is 4.01. The Bertz CT molecular complexity index is 786. The van der Waals surface area contributed by atoms with E-state index in [-0.39, 0.29) is 36.2 Å². The Morgan fingerprint density at radius 2 is 1.53 bits per heavy atom. The van der Waals surface area contributed by atoms with E-state index in [0.29, 0.717) is 31.7 Å². The van der Waals surface area contributed by atoms with Crippen molar-refractivity contribution >= 4 is 17.5 Å². The second-order valence-corrected chi connectivity index (χ2v) is 8.46. The van der Waals surface area contributed by atoms with Crippen molar-refractivity contribution in [2.24, 2.45) is 11.8 Å². The number of aliphatic hydroxyl groups is 2. The molecule has 4 rings (SSSR count). The predicted octanol–water partition coefficient (Wildman–Crippen LogP) is 0.160. The highest BCUT2D eigenvalue weighted by Crippen LogP contribution is 2.38. The summed E-state index contributed by atoms with van der Waals surface area (Å²) in [4.78, 5) is 30.6. The Morgan fingerprint density at radius 3 is 2.13 bits per heavy atom. The number of hydrogen-bond acceptors (Lipinski definition) is 7. The van der Waals surface area contributed by atoms with Crippen LogP contribution in [-0.2, 0) is 9.59 Å². The summed E-state index contributed by atoms with van der Waals surface area (Å²) >= 11 is 0. The van der Waals surface area contributed by atoms with Crippen molar-refractivity contribution < 1.29 is 29.3 Å². The zero-order valence-corrected chi connectivity index (χ0v) is 16.8. The monoisotopic (exact) mass is 421 g/mol. The van der Waals surface area contributed by atoms with Crippen LogP contribution in [0.15, 0.2) is 18.2 Å². The van der Waals surface area contributed by atoms with E-state index in [1.54, 1.807) is 0 Å². The molecule has 0 bridgehead atoms. The molecule has 4 atom stereocenters. The Morgan fingerprint density at radius 1 is 0.933 bits per heavy atom. The summed E-state index contributed by atoms with van der Waals surface area (Å²) in [6, 6.07) is 3.92. The van der Waals surface area contributed by atoms with Gasteiger partial charge >= 0.3 is 0 Å². The number of aromatic hydroxyl groups is 1. The van der Waals surface area contributed by atoms with E-state index in [1.165, 1.54) is 23.1 Å². The normalized spacial score (nSPS) is 30.1. The van der Waals surface area contributed by atoms with Crippen molar-refractivity contribution in [3.05, 3.63) is 24.0 Å². The van der Waals surface area contributed by atoms with E-state index >= 15 is 0 Å². The molecule has 30 heavy (non-hydrogen) atoms. The lowest BCUT2D eigenvalue weighted by atomic mass is 9.78. The Balaban J connectivity index is 1.25. The van der Waals surface area contributed by atoms with Crippen LogP contribution in [-0.4, -0.2) is 88.4 Å². The van der Waals surface area contributed by atoms with Crippen LogP contribution in [0.5, 0.6) is 5.75 Å². The van der Waals surface area contributed by atoms with E-state index in [9.17, 15) is 29.3 Å². The van der Waals surface area contributed by atoms with Crippen molar-refractivity contribution in [2.75, 3.05) is 44.2 Å². The Hall–Kier alpha value is -2.23. The summed E-state index contributed by atoms with van der Waals surface area (Å²) in [5, 5.41) is 29.6. The number of hydrogen-bond donors (Lipinski definition) is 3. The van der Waals surface area contributed by atoms with Gasteiger partial charge in [-0.25, -0.2) is 4.39 Å². The van der Waals surface area contributed by atoms with Gasteiger partial charge in [-0.05, 0) is 37.9 Å². The molecule has 0 spiro atoms. The zero-order chi connectivity index (χ0) is 21.4. The van der Waals surface area contributed by atoms with Gasteiger partial charge in [0.25, 0.3) is 0 Å². The molecule has 3 fully saturated rings. The fourth-order valence-electron chi connectivity index (χ4n) is 4.85. The number of likely N-dealkylation sites (tertiary alicyclic amines) is 1. The van der Waals surface area contributed by atoms with Gasteiger partial charge in [-0.1, -0.05) is 0 Å². The van der Waals surface area contributed by atoms with E-state index in [2.05, 4.69) is 4.90 Å². The number of amides is 2. The number of anilines is 1. The number of benzene rings is 1. The van der Waals surface area contributed by atoms with Crippen LogP contribution in [0.3, 0.4) is 0 Å². The van der Waals surface area contributed by atoms with Gasteiger partial charge in [0.2, 0.25) is 11.8 Å². The van der Waals surface area contributed by atoms with Gasteiger partial charge in [-0.3, -0.25) is 19.4 Å². The SMILES string of the molecule is O=C1C2CC(O)C(O)CC2C(=O)N1CCCN1CCN(c2cc(F)ccc2O)CC1. The van der Waals surface area contributed by atoms with E-state index in [4.69, 9.17) is 0 Å². The molecule has 2 saturated heterocycles. The van der Waals surface area contributed by atoms with Gasteiger partial charge in [-0.2, -0.15) is 0 Å². The van der Waals surface area contributed by atoms with Gasteiger partial charge in [0.1, 0.15) is 11.6 Å². The maximum atomic E-state index is 13.5. The number of piperazine rings is 1.